The van der Waals surface area contributed by atoms with Crippen LogP contribution in [0.4, 0.5) is 0 Å². The van der Waals surface area contributed by atoms with Crippen LogP contribution < -0.4 is 5.32 Å². The summed E-state index contributed by atoms with van der Waals surface area (Å²) in [6.07, 6.45) is 2.93. The highest BCUT2D eigenvalue weighted by Crippen LogP contribution is 2.23. The topological polar surface area (TPSA) is 52.6 Å². The van der Waals surface area contributed by atoms with Crippen LogP contribution in [0.2, 0.25) is 0 Å². The molecule has 0 bridgehead atoms. The molecule has 1 saturated heterocycles. The molecule has 0 spiro atoms. The number of carbonyl (C=O) groups is 1. The molecule has 1 aliphatic heterocycles. The molecule has 0 aromatic carbocycles. The molecule has 0 radical (unpaired) electrons. The van der Waals surface area contributed by atoms with Crippen molar-refractivity contribution in [2.75, 3.05) is 19.6 Å². The first kappa shape index (κ1) is 15.4. The van der Waals surface area contributed by atoms with E-state index in [1.807, 2.05) is 11.8 Å². The maximum atomic E-state index is 11.8. The summed E-state index contributed by atoms with van der Waals surface area (Å²) in [4.78, 5) is 13.8. The first-order valence-electron chi connectivity index (χ1n) is 7.08. The Hall–Kier alpha value is -0.610. The number of rotatable bonds is 7. The molecule has 2 N–H and O–H groups in total. The third kappa shape index (κ3) is 4.94. The zero-order valence-corrected chi connectivity index (χ0v) is 12.2. The number of amides is 1. The van der Waals surface area contributed by atoms with Crippen molar-refractivity contribution in [3.05, 3.63) is 0 Å². The number of β-amino-alcohol motifs (C(OH)–C–C–N with tert-alkyl or cyclic N) is 1. The average molecular weight is 256 g/mol. The van der Waals surface area contributed by atoms with Crippen molar-refractivity contribution in [1.29, 1.82) is 0 Å². The van der Waals surface area contributed by atoms with Gasteiger partial charge >= 0.3 is 0 Å². The molecule has 1 fully saturated rings. The fourth-order valence-electron chi connectivity index (χ4n) is 2.30. The van der Waals surface area contributed by atoms with Crippen LogP contribution in [0.1, 0.15) is 47.0 Å². The number of aliphatic hydroxyl groups is 1. The van der Waals surface area contributed by atoms with E-state index in [-0.39, 0.29) is 11.9 Å². The second-order valence-electron chi connectivity index (χ2n) is 6.16. The van der Waals surface area contributed by atoms with Crippen molar-refractivity contribution in [2.24, 2.45) is 5.92 Å². The van der Waals surface area contributed by atoms with E-state index in [0.29, 0.717) is 25.6 Å². The lowest BCUT2D eigenvalue weighted by molar-refractivity contribution is -0.133. The largest absolute Gasteiger partial charge is 0.387 e. The van der Waals surface area contributed by atoms with Crippen LogP contribution in [0.25, 0.3) is 0 Å². The lowest BCUT2D eigenvalue weighted by atomic mass is 9.91. The number of nitrogens with zero attached hydrogens (tertiary/aromatic N) is 1. The quantitative estimate of drug-likeness (QED) is 0.723. The van der Waals surface area contributed by atoms with E-state index in [0.717, 1.165) is 19.3 Å². The van der Waals surface area contributed by atoms with Gasteiger partial charge < -0.3 is 10.4 Å². The molecule has 1 atom stereocenters. The number of carbonyl (C=O) groups excluding carboxylic acids is 1. The molecule has 0 aliphatic carbocycles. The van der Waals surface area contributed by atoms with Crippen molar-refractivity contribution >= 4 is 5.91 Å². The Bertz CT molecular complexity index is 273. The van der Waals surface area contributed by atoms with E-state index < -0.39 is 5.60 Å². The molecule has 106 valence electrons. The third-order valence-electron chi connectivity index (χ3n) is 3.65. The Morgan fingerprint density at radius 3 is 2.44 bits per heavy atom. The molecular formula is C14H28N2O2. The fraction of sp³-hybridized carbons (Fsp3) is 0.929. The normalized spacial score (nSPS) is 20.6. The fourth-order valence-corrected chi connectivity index (χ4v) is 2.30. The Morgan fingerprint density at radius 1 is 1.33 bits per heavy atom. The van der Waals surface area contributed by atoms with Crippen molar-refractivity contribution in [2.45, 2.75) is 58.6 Å². The Labute approximate surface area is 111 Å². The first-order chi connectivity index (χ1) is 8.34. The van der Waals surface area contributed by atoms with Crippen LogP contribution in [0.15, 0.2) is 0 Å². The zero-order valence-electron chi connectivity index (χ0n) is 12.2. The number of hydrogen-bond acceptors (Lipinski definition) is 3. The summed E-state index contributed by atoms with van der Waals surface area (Å²) in [7, 11) is 0. The minimum absolute atomic E-state index is 0.0735. The highest BCUT2D eigenvalue weighted by molar-refractivity contribution is 5.78. The van der Waals surface area contributed by atoms with Gasteiger partial charge in [-0.1, -0.05) is 20.8 Å². The van der Waals surface area contributed by atoms with Gasteiger partial charge in [0.1, 0.15) is 0 Å². The summed E-state index contributed by atoms with van der Waals surface area (Å²) in [5.74, 6) is 0.753. The van der Waals surface area contributed by atoms with Gasteiger partial charge in [0, 0.05) is 19.1 Å². The van der Waals surface area contributed by atoms with Crippen LogP contribution in [0.3, 0.4) is 0 Å². The molecule has 1 unspecified atom stereocenters. The van der Waals surface area contributed by atoms with Gasteiger partial charge in [-0.05, 0) is 32.1 Å². The van der Waals surface area contributed by atoms with Gasteiger partial charge in [-0.25, -0.2) is 0 Å². The molecule has 1 amide bonds. The van der Waals surface area contributed by atoms with E-state index in [4.69, 9.17) is 0 Å². The Balaban J connectivity index is 2.15. The molecule has 1 heterocycles. The van der Waals surface area contributed by atoms with Crippen LogP contribution >= 0.6 is 0 Å². The lowest BCUT2D eigenvalue weighted by Crippen LogP contribution is -2.63. The van der Waals surface area contributed by atoms with Gasteiger partial charge in [-0.2, -0.15) is 0 Å². The van der Waals surface area contributed by atoms with Gasteiger partial charge in [0.15, 0.2) is 0 Å². The van der Waals surface area contributed by atoms with E-state index in [1.165, 1.54) is 0 Å². The Kier molecular flexibility index (Phi) is 5.60. The monoisotopic (exact) mass is 256 g/mol. The molecule has 0 aromatic heterocycles. The second kappa shape index (κ2) is 6.53. The van der Waals surface area contributed by atoms with Crippen molar-refractivity contribution in [1.82, 2.24) is 10.2 Å². The number of likely N-dealkylation sites (tertiary alicyclic amines) is 1. The maximum absolute atomic E-state index is 11.8. The van der Waals surface area contributed by atoms with Crippen molar-refractivity contribution in [3.63, 3.8) is 0 Å². The van der Waals surface area contributed by atoms with Crippen molar-refractivity contribution < 1.29 is 9.90 Å². The van der Waals surface area contributed by atoms with Gasteiger partial charge in [0.2, 0.25) is 5.91 Å². The molecule has 4 nitrogen and oxygen atoms in total. The summed E-state index contributed by atoms with van der Waals surface area (Å²) in [5, 5.41) is 12.9. The maximum Gasteiger partial charge on any atom is 0.234 e. The van der Waals surface area contributed by atoms with E-state index in [9.17, 15) is 9.90 Å². The molecule has 0 aromatic rings. The zero-order chi connectivity index (χ0) is 13.8. The van der Waals surface area contributed by atoms with Crippen molar-refractivity contribution in [3.8, 4) is 0 Å². The third-order valence-corrected chi connectivity index (χ3v) is 3.65. The van der Waals surface area contributed by atoms with Gasteiger partial charge in [0.05, 0.1) is 12.1 Å². The molecule has 1 aliphatic rings. The van der Waals surface area contributed by atoms with Crippen LogP contribution in [0.5, 0.6) is 0 Å². The summed E-state index contributed by atoms with van der Waals surface area (Å²) in [5.41, 5.74) is -0.552. The molecule has 1 rings (SSSR count). The SMILES string of the molecule is CCC1(O)CN(CC(=O)NC(C)CCC(C)C)C1. The van der Waals surface area contributed by atoms with E-state index >= 15 is 0 Å². The smallest absolute Gasteiger partial charge is 0.234 e. The van der Waals surface area contributed by atoms with E-state index in [2.05, 4.69) is 26.1 Å². The van der Waals surface area contributed by atoms with Crippen LogP contribution in [-0.2, 0) is 4.79 Å². The highest BCUT2D eigenvalue weighted by atomic mass is 16.3. The van der Waals surface area contributed by atoms with Gasteiger partial charge in [-0.15, -0.1) is 0 Å². The number of hydrogen-bond donors (Lipinski definition) is 2. The summed E-state index contributed by atoms with van der Waals surface area (Å²) < 4.78 is 0. The minimum Gasteiger partial charge on any atom is -0.387 e. The summed E-state index contributed by atoms with van der Waals surface area (Å²) in [6.45, 7) is 10.1. The van der Waals surface area contributed by atoms with E-state index in [1.54, 1.807) is 0 Å². The standard InChI is InChI=1S/C14H28N2O2/c1-5-14(18)9-16(10-14)8-13(17)15-12(4)7-6-11(2)3/h11-12,18H,5-10H2,1-4H3,(H,15,17). The first-order valence-corrected chi connectivity index (χ1v) is 7.08. The Morgan fingerprint density at radius 2 is 1.94 bits per heavy atom. The highest BCUT2D eigenvalue weighted by Gasteiger charge is 2.39. The molecule has 4 heteroatoms. The van der Waals surface area contributed by atoms with Gasteiger partial charge in [-0.3, -0.25) is 9.69 Å². The molecular weight excluding hydrogens is 228 g/mol. The average Bonchev–Trinajstić information content (AvgIpc) is 2.23. The predicted octanol–water partition coefficient (Wildman–Crippen LogP) is 1.38. The summed E-state index contributed by atoms with van der Waals surface area (Å²) >= 11 is 0. The van der Waals surface area contributed by atoms with Crippen LogP contribution in [-0.4, -0.2) is 47.2 Å². The molecule has 18 heavy (non-hydrogen) atoms. The second-order valence-corrected chi connectivity index (χ2v) is 6.16. The lowest BCUT2D eigenvalue weighted by Gasteiger charge is -2.45. The van der Waals surface area contributed by atoms with Crippen LogP contribution in [0, 0.1) is 5.92 Å². The van der Waals surface area contributed by atoms with Gasteiger partial charge in [0.25, 0.3) is 0 Å². The molecule has 0 saturated carbocycles. The number of nitrogens with one attached hydrogen (secondary N) is 1. The summed E-state index contributed by atoms with van der Waals surface area (Å²) in [6, 6.07) is 0.242. The predicted molar refractivity (Wildman–Crippen MR) is 73.4 cm³/mol. The minimum atomic E-state index is -0.552.